The number of carbonyl (C=O) groups excluding carboxylic acids is 1. The van der Waals surface area contributed by atoms with E-state index >= 15 is 0 Å². The normalized spacial score (nSPS) is 8.67. The number of ether oxygens (including phenoxy) is 1. The maximum absolute atomic E-state index is 11.1. The summed E-state index contributed by atoms with van der Waals surface area (Å²) in [4.78, 5) is 18.8. The summed E-state index contributed by atoms with van der Waals surface area (Å²) in [6.45, 7) is 2.23. The smallest absolute Gasteiger partial charge is 0.376 e. The molecular weight excluding hydrogens is 194 g/mol. The molecule has 5 heteroatoms. The fourth-order valence-corrected chi connectivity index (χ4v) is 0.870. The number of carbonyl (C=O) groups is 1. The van der Waals surface area contributed by atoms with Gasteiger partial charge in [-0.25, -0.2) is 14.8 Å². The van der Waals surface area contributed by atoms with Crippen molar-refractivity contribution in [2.75, 3.05) is 19.0 Å². The van der Waals surface area contributed by atoms with Gasteiger partial charge in [0.25, 0.3) is 0 Å². The third-order valence-electron chi connectivity index (χ3n) is 1.56. The second kappa shape index (κ2) is 5.60. The van der Waals surface area contributed by atoms with E-state index in [0.29, 0.717) is 12.4 Å². The van der Waals surface area contributed by atoms with Crippen LogP contribution in [0, 0.1) is 11.8 Å². The molecule has 1 aromatic heterocycles. The molecule has 78 valence electrons. The number of rotatable bonds is 3. The van der Waals surface area contributed by atoms with Gasteiger partial charge in [0.2, 0.25) is 5.82 Å². The van der Waals surface area contributed by atoms with Crippen molar-refractivity contribution >= 4 is 11.8 Å². The van der Waals surface area contributed by atoms with Gasteiger partial charge in [0, 0.05) is 6.20 Å². The molecule has 0 aromatic carbocycles. The first kappa shape index (κ1) is 11.0. The number of hydrogen-bond donors (Lipinski definition) is 1. The summed E-state index contributed by atoms with van der Waals surface area (Å²) < 4.78 is 4.50. The largest absolute Gasteiger partial charge is 0.463 e. The molecule has 1 heterocycles. The number of esters is 1. The predicted octanol–water partition coefficient (Wildman–Crippen LogP) is 0.698. The van der Waals surface area contributed by atoms with Gasteiger partial charge >= 0.3 is 5.97 Å². The number of nitrogens with one attached hydrogen (secondary N) is 1. The molecule has 0 unspecified atom stereocenters. The lowest BCUT2D eigenvalue weighted by molar-refractivity contribution is 0.0587. The number of nitrogens with zero attached hydrogens (tertiary/aromatic N) is 2. The zero-order valence-corrected chi connectivity index (χ0v) is 8.57. The van der Waals surface area contributed by atoms with Crippen LogP contribution in [0.15, 0.2) is 12.3 Å². The van der Waals surface area contributed by atoms with Crippen LogP contribution in [0.25, 0.3) is 0 Å². The highest BCUT2D eigenvalue weighted by atomic mass is 16.5. The minimum atomic E-state index is -0.555. The van der Waals surface area contributed by atoms with Gasteiger partial charge in [-0.05, 0) is 13.0 Å². The molecule has 15 heavy (non-hydrogen) atoms. The molecule has 0 amide bonds. The van der Waals surface area contributed by atoms with Crippen LogP contribution < -0.4 is 5.32 Å². The predicted molar refractivity (Wildman–Crippen MR) is 55.3 cm³/mol. The Morgan fingerprint density at radius 2 is 2.47 bits per heavy atom. The lowest BCUT2D eigenvalue weighted by atomic mass is 10.5. The molecule has 0 aliphatic carbocycles. The Kier molecular flexibility index (Phi) is 4.10. The van der Waals surface area contributed by atoms with Crippen molar-refractivity contribution in [1.82, 2.24) is 9.97 Å². The Hall–Kier alpha value is -2.09. The average molecular weight is 205 g/mol. The number of anilines is 1. The third-order valence-corrected chi connectivity index (χ3v) is 1.56. The maximum Gasteiger partial charge on any atom is 0.376 e. The maximum atomic E-state index is 11.1. The van der Waals surface area contributed by atoms with Crippen molar-refractivity contribution in [3.63, 3.8) is 0 Å². The van der Waals surface area contributed by atoms with E-state index in [2.05, 4.69) is 31.9 Å². The standard InChI is InChI=1S/C10H11N3O2/c1-3-4-6-11-8-5-7-12-9(13-8)10(14)15-2/h5,7H,6H2,1-2H3,(H,11,12,13). The molecule has 0 spiro atoms. The minimum absolute atomic E-state index is 0.0342. The fourth-order valence-electron chi connectivity index (χ4n) is 0.870. The Labute approximate surface area is 87.9 Å². The lowest BCUT2D eigenvalue weighted by Crippen LogP contribution is -2.09. The minimum Gasteiger partial charge on any atom is -0.463 e. The summed E-state index contributed by atoms with van der Waals surface area (Å²) >= 11 is 0. The average Bonchev–Trinajstić information content (AvgIpc) is 2.29. The van der Waals surface area contributed by atoms with Gasteiger partial charge in [0.1, 0.15) is 5.82 Å². The zero-order valence-electron chi connectivity index (χ0n) is 8.57. The molecular formula is C10H11N3O2. The van der Waals surface area contributed by atoms with Gasteiger partial charge in [0.05, 0.1) is 13.7 Å². The van der Waals surface area contributed by atoms with Crippen LogP contribution in [0.5, 0.6) is 0 Å². The zero-order chi connectivity index (χ0) is 11.1. The molecule has 0 atom stereocenters. The first-order valence-corrected chi connectivity index (χ1v) is 4.32. The van der Waals surface area contributed by atoms with Gasteiger partial charge < -0.3 is 10.1 Å². The summed E-state index contributed by atoms with van der Waals surface area (Å²) in [6, 6.07) is 1.66. The summed E-state index contributed by atoms with van der Waals surface area (Å²) in [7, 11) is 1.29. The van der Waals surface area contributed by atoms with Gasteiger partial charge in [-0.2, -0.15) is 0 Å². The van der Waals surface area contributed by atoms with Crippen molar-refractivity contribution in [1.29, 1.82) is 0 Å². The Morgan fingerprint density at radius 3 is 3.13 bits per heavy atom. The molecule has 0 saturated heterocycles. The number of aromatic nitrogens is 2. The Balaban J connectivity index is 2.72. The molecule has 1 rings (SSSR count). The molecule has 1 N–H and O–H groups in total. The van der Waals surface area contributed by atoms with E-state index in [1.165, 1.54) is 13.3 Å². The quantitative estimate of drug-likeness (QED) is 0.581. The van der Waals surface area contributed by atoms with Crippen LogP contribution in [-0.4, -0.2) is 29.6 Å². The molecule has 0 aliphatic rings. The van der Waals surface area contributed by atoms with Crippen LogP contribution in [0.3, 0.4) is 0 Å². The van der Waals surface area contributed by atoms with Gasteiger partial charge in [-0.3, -0.25) is 0 Å². The van der Waals surface area contributed by atoms with Crippen molar-refractivity contribution in [3.05, 3.63) is 18.1 Å². The van der Waals surface area contributed by atoms with Crippen LogP contribution >= 0.6 is 0 Å². The molecule has 0 radical (unpaired) electrons. The van der Waals surface area contributed by atoms with E-state index in [1.54, 1.807) is 13.0 Å². The summed E-state index contributed by atoms with van der Waals surface area (Å²) in [5.41, 5.74) is 0. The van der Waals surface area contributed by atoms with Crippen LogP contribution in [0.1, 0.15) is 17.5 Å². The van der Waals surface area contributed by atoms with Crippen molar-refractivity contribution < 1.29 is 9.53 Å². The fraction of sp³-hybridized carbons (Fsp3) is 0.300. The SMILES string of the molecule is CC#CCNc1ccnc(C(=O)OC)n1. The first-order valence-electron chi connectivity index (χ1n) is 4.32. The van der Waals surface area contributed by atoms with Crippen LogP contribution in [0.2, 0.25) is 0 Å². The van der Waals surface area contributed by atoms with E-state index in [-0.39, 0.29) is 5.82 Å². The van der Waals surface area contributed by atoms with Crippen LogP contribution in [-0.2, 0) is 4.74 Å². The Morgan fingerprint density at radius 1 is 1.67 bits per heavy atom. The molecule has 1 aromatic rings. The lowest BCUT2D eigenvalue weighted by Gasteiger charge is -2.02. The van der Waals surface area contributed by atoms with E-state index in [0.717, 1.165) is 0 Å². The summed E-state index contributed by atoms with van der Waals surface area (Å²) in [5.74, 6) is 5.59. The molecule has 0 fully saturated rings. The van der Waals surface area contributed by atoms with E-state index in [9.17, 15) is 4.79 Å². The van der Waals surface area contributed by atoms with Gasteiger partial charge in [0.15, 0.2) is 0 Å². The highest BCUT2D eigenvalue weighted by molar-refractivity contribution is 5.85. The first-order chi connectivity index (χ1) is 7.27. The van der Waals surface area contributed by atoms with E-state index < -0.39 is 5.97 Å². The van der Waals surface area contributed by atoms with Crippen molar-refractivity contribution in [2.24, 2.45) is 0 Å². The molecule has 5 nitrogen and oxygen atoms in total. The second-order valence-corrected chi connectivity index (χ2v) is 2.54. The van der Waals surface area contributed by atoms with Gasteiger partial charge in [-0.1, -0.05) is 5.92 Å². The summed E-state index contributed by atoms with van der Waals surface area (Å²) in [6.07, 6.45) is 1.49. The number of methoxy groups -OCH3 is 1. The molecule has 0 aliphatic heterocycles. The third kappa shape index (κ3) is 3.27. The van der Waals surface area contributed by atoms with E-state index in [1.807, 2.05) is 0 Å². The highest BCUT2D eigenvalue weighted by Crippen LogP contribution is 2.01. The monoisotopic (exact) mass is 205 g/mol. The second-order valence-electron chi connectivity index (χ2n) is 2.54. The van der Waals surface area contributed by atoms with Crippen LogP contribution in [0.4, 0.5) is 5.82 Å². The Bertz CT molecular complexity index is 407. The van der Waals surface area contributed by atoms with E-state index in [4.69, 9.17) is 0 Å². The topological polar surface area (TPSA) is 64.1 Å². The summed E-state index contributed by atoms with van der Waals surface area (Å²) in [5, 5.41) is 2.93. The highest BCUT2D eigenvalue weighted by Gasteiger charge is 2.08. The molecule has 0 bridgehead atoms. The van der Waals surface area contributed by atoms with Gasteiger partial charge in [-0.15, -0.1) is 5.92 Å². The van der Waals surface area contributed by atoms with Crippen molar-refractivity contribution in [2.45, 2.75) is 6.92 Å². The van der Waals surface area contributed by atoms with Crippen molar-refractivity contribution in [3.8, 4) is 11.8 Å². The number of hydrogen-bond acceptors (Lipinski definition) is 5. The molecule has 0 saturated carbocycles.